The number of amides is 2. The Morgan fingerprint density at radius 2 is 2.04 bits per heavy atom. The van der Waals surface area contributed by atoms with Crippen molar-refractivity contribution < 1.29 is 14.3 Å². The molecular weight excluding hydrogens is 324 g/mol. The lowest BCUT2D eigenvalue weighted by atomic mass is 10.1. The Labute approximate surface area is 147 Å². The molecule has 2 fully saturated rings. The second-order valence-corrected chi connectivity index (χ2v) is 7.45. The summed E-state index contributed by atoms with van der Waals surface area (Å²) in [7, 11) is 1.64. The van der Waals surface area contributed by atoms with E-state index in [0.29, 0.717) is 18.7 Å². The molecule has 1 aromatic rings. The summed E-state index contributed by atoms with van der Waals surface area (Å²) in [6.07, 6.45) is 1.66. The predicted molar refractivity (Wildman–Crippen MR) is 95.1 cm³/mol. The van der Waals surface area contributed by atoms with E-state index in [-0.39, 0.29) is 17.9 Å². The summed E-state index contributed by atoms with van der Waals surface area (Å²) in [5.74, 6) is 2.06. The van der Waals surface area contributed by atoms with E-state index >= 15 is 0 Å². The third-order valence-electron chi connectivity index (χ3n) is 4.61. The lowest BCUT2D eigenvalue weighted by Crippen LogP contribution is -2.50. The molecule has 130 valence electrons. The van der Waals surface area contributed by atoms with Crippen LogP contribution in [-0.4, -0.2) is 65.9 Å². The molecule has 0 bridgehead atoms. The smallest absolute Gasteiger partial charge is 0.254 e. The standard InChI is InChI=1S/C18H24N2O3S/c1-23-13-14-4-2-5-15(12-14)17(21)20-7-3-6-16(20)18(22)19-8-10-24-11-9-19/h2,4-5,12,16H,3,6-11,13H2,1H3/t16-/m1/s1. The van der Waals surface area contributed by atoms with Gasteiger partial charge in [-0.2, -0.15) is 11.8 Å². The van der Waals surface area contributed by atoms with Crippen molar-refractivity contribution >= 4 is 23.6 Å². The van der Waals surface area contributed by atoms with Crippen LogP contribution in [0, 0.1) is 0 Å². The van der Waals surface area contributed by atoms with E-state index in [4.69, 9.17) is 4.74 Å². The zero-order valence-electron chi connectivity index (χ0n) is 14.1. The Balaban J connectivity index is 1.73. The molecule has 0 spiro atoms. The minimum Gasteiger partial charge on any atom is -0.380 e. The molecule has 3 rings (SSSR count). The van der Waals surface area contributed by atoms with Gasteiger partial charge in [0.1, 0.15) is 6.04 Å². The fraction of sp³-hybridized carbons (Fsp3) is 0.556. The number of nitrogens with zero attached hydrogens (tertiary/aromatic N) is 2. The van der Waals surface area contributed by atoms with Crippen molar-refractivity contribution in [2.24, 2.45) is 0 Å². The first-order valence-corrected chi connectivity index (χ1v) is 9.61. The van der Waals surface area contributed by atoms with Gasteiger partial charge in [-0.25, -0.2) is 0 Å². The molecule has 1 aromatic carbocycles. The fourth-order valence-corrected chi connectivity index (χ4v) is 4.29. The molecule has 0 saturated carbocycles. The van der Waals surface area contributed by atoms with Crippen molar-refractivity contribution in [1.82, 2.24) is 9.80 Å². The molecule has 0 aromatic heterocycles. The van der Waals surface area contributed by atoms with Crippen LogP contribution in [0.15, 0.2) is 24.3 Å². The molecular formula is C18H24N2O3S. The summed E-state index contributed by atoms with van der Waals surface area (Å²) in [6, 6.07) is 7.20. The molecule has 0 radical (unpaired) electrons. The molecule has 24 heavy (non-hydrogen) atoms. The van der Waals surface area contributed by atoms with Gasteiger partial charge >= 0.3 is 0 Å². The van der Waals surface area contributed by atoms with Gasteiger partial charge in [0, 0.05) is 43.8 Å². The first kappa shape index (κ1) is 17.3. The van der Waals surface area contributed by atoms with E-state index in [1.54, 1.807) is 12.0 Å². The third kappa shape index (κ3) is 3.75. The second-order valence-electron chi connectivity index (χ2n) is 6.23. The van der Waals surface area contributed by atoms with Crippen LogP contribution in [0.5, 0.6) is 0 Å². The molecule has 2 aliphatic heterocycles. The highest BCUT2D eigenvalue weighted by Crippen LogP contribution is 2.23. The zero-order valence-corrected chi connectivity index (χ0v) is 14.9. The topological polar surface area (TPSA) is 49.9 Å². The third-order valence-corrected chi connectivity index (χ3v) is 5.55. The number of carbonyl (C=O) groups is 2. The summed E-state index contributed by atoms with van der Waals surface area (Å²) in [5.41, 5.74) is 1.61. The van der Waals surface area contributed by atoms with Crippen LogP contribution in [0.1, 0.15) is 28.8 Å². The highest BCUT2D eigenvalue weighted by molar-refractivity contribution is 7.99. The summed E-state index contributed by atoms with van der Waals surface area (Å²) >= 11 is 1.88. The fourth-order valence-electron chi connectivity index (χ4n) is 3.39. The summed E-state index contributed by atoms with van der Waals surface area (Å²) in [4.78, 5) is 29.4. The van der Waals surface area contributed by atoms with Crippen LogP contribution in [0.25, 0.3) is 0 Å². The average Bonchev–Trinajstić information content (AvgIpc) is 3.11. The largest absolute Gasteiger partial charge is 0.380 e. The Hall–Kier alpha value is -1.53. The number of benzene rings is 1. The normalized spacial score (nSPS) is 21.1. The first-order valence-electron chi connectivity index (χ1n) is 8.46. The van der Waals surface area contributed by atoms with E-state index in [9.17, 15) is 9.59 Å². The number of rotatable bonds is 4. The van der Waals surface area contributed by atoms with Gasteiger partial charge < -0.3 is 14.5 Å². The number of ether oxygens (including phenoxy) is 1. The van der Waals surface area contributed by atoms with Gasteiger partial charge in [-0.1, -0.05) is 12.1 Å². The van der Waals surface area contributed by atoms with Gasteiger partial charge in [0.25, 0.3) is 5.91 Å². The van der Waals surface area contributed by atoms with Crippen LogP contribution in [0.2, 0.25) is 0 Å². The SMILES string of the molecule is COCc1cccc(C(=O)N2CCC[C@@H]2C(=O)N2CCSCC2)c1. The van der Waals surface area contributed by atoms with E-state index in [1.807, 2.05) is 40.9 Å². The molecule has 2 heterocycles. The summed E-state index contributed by atoms with van der Waals surface area (Å²) < 4.78 is 5.14. The van der Waals surface area contributed by atoms with E-state index in [2.05, 4.69) is 0 Å². The quantitative estimate of drug-likeness (QED) is 0.835. The Morgan fingerprint density at radius 3 is 2.79 bits per heavy atom. The predicted octanol–water partition coefficient (Wildman–Crippen LogP) is 2.01. The second kappa shape index (κ2) is 8.03. The zero-order chi connectivity index (χ0) is 16.9. The molecule has 2 amide bonds. The Kier molecular flexibility index (Phi) is 5.79. The van der Waals surface area contributed by atoms with Crippen molar-refractivity contribution in [3.05, 3.63) is 35.4 Å². The molecule has 2 aliphatic rings. The number of hydrogen-bond donors (Lipinski definition) is 0. The maximum absolute atomic E-state index is 12.9. The maximum Gasteiger partial charge on any atom is 0.254 e. The monoisotopic (exact) mass is 348 g/mol. The van der Waals surface area contributed by atoms with Gasteiger partial charge in [0.2, 0.25) is 5.91 Å². The first-order chi connectivity index (χ1) is 11.7. The van der Waals surface area contributed by atoms with Crippen molar-refractivity contribution in [3.63, 3.8) is 0 Å². The molecule has 6 heteroatoms. The molecule has 1 atom stereocenters. The molecule has 0 unspecified atom stereocenters. The number of likely N-dealkylation sites (tertiary alicyclic amines) is 1. The van der Waals surface area contributed by atoms with Gasteiger partial charge in [-0.3, -0.25) is 9.59 Å². The lowest BCUT2D eigenvalue weighted by Gasteiger charge is -2.32. The average molecular weight is 348 g/mol. The lowest BCUT2D eigenvalue weighted by molar-refractivity contribution is -0.134. The van der Waals surface area contributed by atoms with Gasteiger partial charge in [-0.05, 0) is 30.5 Å². The van der Waals surface area contributed by atoms with Crippen LogP contribution in [0.3, 0.4) is 0 Å². The number of methoxy groups -OCH3 is 1. The van der Waals surface area contributed by atoms with Crippen LogP contribution in [-0.2, 0) is 16.1 Å². The van der Waals surface area contributed by atoms with Crippen LogP contribution >= 0.6 is 11.8 Å². The van der Waals surface area contributed by atoms with E-state index in [1.165, 1.54) is 0 Å². The van der Waals surface area contributed by atoms with E-state index < -0.39 is 0 Å². The summed E-state index contributed by atoms with van der Waals surface area (Å²) in [5, 5.41) is 0. The van der Waals surface area contributed by atoms with Gasteiger partial charge in [0.05, 0.1) is 6.61 Å². The summed E-state index contributed by atoms with van der Waals surface area (Å²) in [6.45, 7) is 2.73. The van der Waals surface area contributed by atoms with E-state index in [0.717, 1.165) is 43.0 Å². The highest BCUT2D eigenvalue weighted by Gasteiger charge is 2.37. The minimum absolute atomic E-state index is 0.0461. The molecule has 5 nitrogen and oxygen atoms in total. The number of carbonyl (C=O) groups excluding carboxylic acids is 2. The van der Waals surface area contributed by atoms with Crippen molar-refractivity contribution in [3.8, 4) is 0 Å². The van der Waals surface area contributed by atoms with Crippen molar-refractivity contribution in [1.29, 1.82) is 0 Å². The maximum atomic E-state index is 12.9. The molecule has 0 aliphatic carbocycles. The number of thioether (sulfide) groups is 1. The van der Waals surface area contributed by atoms with Crippen LogP contribution in [0.4, 0.5) is 0 Å². The molecule has 0 N–H and O–H groups in total. The van der Waals surface area contributed by atoms with Gasteiger partial charge in [0.15, 0.2) is 0 Å². The Morgan fingerprint density at radius 1 is 1.25 bits per heavy atom. The van der Waals surface area contributed by atoms with Crippen LogP contribution < -0.4 is 0 Å². The Bertz CT molecular complexity index is 602. The highest BCUT2D eigenvalue weighted by atomic mass is 32.2. The van der Waals surface area contributed by atoms with Gasteiger partial charge in [-0.15, -0.1) is 0 Å². The minimum atomic E-state index is -0.299. The van der Waals surface area contributed by atoms with Crippen molar-refractivity contribution in [2.75, 3.05) is 38.2 Å². The van der Waals surface area contributed by atoms with Crippen molar-refractivity contribution in [2.45, 2.75) is 25.5 Å². The number of hydrogen-bond acceptors (Lipinski definition) is 4. The molecule has 2 saturated heterocycles.